The molecule has 1 aromatic heterocycles. The first-order valence-electron chi connectivity index (χ1n) is 5.15. The molecule has 4 nitrogen and oxygen atoms in total. The molecule has 0 aliphatic carbocycles. The summed E-state index contributed by atoms with van der Waals surface area (Å²) in [6.45, 7) is 0. The van der Waals surface area contributed by atoms with Crippen molar-refractivity contribution in [1.29, 1.82) is 0 Å². The van der Waals surface area contributed by atoms with Crippen molar-refractivity contribution < 1.29 is 9.90 Å². The third-order valence-electron chi connectivity index (χ3n) is 2.31. The van der Waals surface area contributed by atoms with Crippen molar-refractivity contribution in [3.05, 3.63) is 53.9 Å². The van der Waals surface area contributed by atoms with E-state index in [1.807, 2.05) is 0 Å². The lowest BCUT2D eigenvalue weighted by Crippen LogP contribution is -1.91. The number of phenols is 1. The van der Waals surface area contributed by atoms with Crippen molar-refractivity contribution in [2.75, 3.05) is 0 Å². The van der Waals surface area contributed by atoms with Crippen molar-refractivity contribution in [3.63, 3.8) is 0 Å². The van der Waals surface area contributed by atoms with Gasteiger partial charge in [0.05, 0.1) is 11.8 Å². The summed E-state index contributed by atoms with van der Waals surface area (Å²) >= 11 is 0. The number of carbonyl (C=O) groups is 1. The normalized spacial score (nSPS) is 10.9. The Kier molecular flexibility index (Phi) is 3.05. The molecule has 17 heavy (non-hydrogen) atoms. The Labute approximate surface area is 98.8 Å². The van der Waals surface area contributed by atoms with Crippen molar-refractivity contribution in [3.8, 4) is 5.75 Å². The lowest BCUT2D eigenvalue weighted by Gasteiger charge is -1.93. The van der Waals surface area contributed by atoms with Crippen LogP contribution < -0.4 is 0 Å². The number of aryl methyl sites for hydroxylation is 1. The smallest absolute Gasteiger partial charge is 0.189 e. The summed E-state index contributed by atoms with van der Waals surface area (Å²) in [6, 6.07) is 6.63. The molecule has 2 aromatic rings. The van der Waals surface area contributed by atoms with E-state index >= 15 is 0 Å². The first kappa shape index (κ1) is 11.1. The highest BCUT2D eigenvalue weighted by Crippen LogP contribution is 2.11. The minimum Gasteiger partial charge on any atom is -0.508 e. The minimum absolute atomic E-state index is 0.0915. The molecule has 2 rings (SSSR count). The highest BCUT2D eigenvalue weighted by atomic mass is 16.3. The van der Waals surface area contributed by atoms with Gasteiger partial charge in [-0.05, 0) is 23.8 Å². The molecule has 0 radical (unpaired) electrons. The number of allylic oxidation sites excluding steroid dienone is 1. The van der Waals surface area contributed by atoms with Crippen LogP contribution in [0.1, 0.15) is 15.9 Å². The third-order valence-corrected chi connectivity index (χ3v) is 2.31. The van der Waals surface area contributed by atoms with Gasteiger partial charge in [0.25, 0.3) is 0 Å². The van der Waals surface area contributed by atoms with Crippen molar-refractivity contribution in [2.45, 2.75) is 0 Å². The fraction of sp³-hybridized carbons (Fsp3) is 0.0769. The van der Waals surface area contributed by atoms with E-state index < -0.39 is 0 Å². The lowest BCUT2D eigenvalue weighted by molar-refractivity contribution is 0.104. The topological polar surface area (TPSA) is 55.1 Å². The van der Waals surface area contributed by atoms with Crippen LogP contribution in [0.15, 0.2) is 42.7 Å². The molecule has 0 spiro atoms. The quantitative estimate of drug-likeness (QED) is 0.646. The van der Waals surface area contributed by atoms with Gasteiger partial charge in [0.1, 0.15) is 5.75 Å². The van der Waals surface area contributed by atoms with Crippen molar-refractivity contribution >= 4 is 11.9 Å². The van der Waals surface area contributed by atoms with E-state index in [-0.39, 0.29) is 11.5 Å². The van der Waals surface area contributed by atoms with Gasteiger partial charge >= 0.3 is 0 Å². The van der Waals surface area contributed by atoms with Crippen molar-refractivity contribution in [1.82, 2.24) is 9.78 Å². The van der Waals surface area contributed by atoms with Gasteiger partial charge in [0.15, 0.2) is 5.78 Å². The predicted molar refractivity (Wildman–Crippen MR) is 64.7 cm³/mol. The molecule has 1 aromatic carbocycles. The molecule has 0 atom stereocenters. The summed E-state index contributed by atoms with van der Waals surface area (Å²) < 4.78 is 1.58. The summed E-state index contributed by atoms with van der Waals surface area (Å²) in [5.74, 6) is 0.118. The highest BCUT2D eigenvalue weighted by Gasteiger charge is 2.03. The first-order valence-corrected chi connectivity index (χ1v) is 5.15. The number of aromatic hydroxyl groups is 1. The number of aromatic nitrogens is 2. The molecular formula is C13H12N2O2. The summed E-state index contributed by atoms with van der Waals surface area (Å²) in [6.07, 6.45) is 6.39. The van der Waals surface area contributed by atoms with Crippen LogP contribution in [-0.4, -0.2) is 20.7 Å². The molecular weight excluding hydrogens is 216 g/mol. The molecule has 86 valence electrons. The summed E-state index contributed by atoms with van der Waals surface area (Å²) in [5.41, 5.74) is 1.42. The van der Waals surface area contributed by atoms with Gasteiger partial charge in [-0.1, -0.05) is 18.2 Å². The van der Waals surface area contributed by atoms with Gasteiger partial charge < -0.3 is 5.11 Å². The Balaban J connectivity index is 2.10. The molecule has 4 heteroatoms. The summed E-state index contributed by atoms with van der Waals surface area (Å²) in [7, 11) is 1.76. The van der Waals surface area contributed by atoms with E-state index in [1.54, 1.807) is 48.3 Å². The highest BCUT2D eigenvalue weighted by molar-refractivity contribution is 6.06. The van der Waals surface area contributed by atoms with Gasteiger partial charge in [0, 0.05) is 13.2 Å². The zero-order valence-electron chi connectivity index (χ0n) is 9.37. The molecule has 0 unspecified atom stereocenters. The standard InChI is InChI=1S/C13H12N2O2/c1-15-9-11(8-14-15)13(17)7-4-10-2-5-12(16)6-3-10/h2-9,16H,1H3/b7-4+. The van der Waals surface area contributed by atoms with E-state index in [4.69, 9.17) is 5.11 Å². The minimum atomic E-state index is -0.0915. The molecule has 0 saturated heterocycles. The van der Waals surface area contributed by atoms with E-state index in [2.05, 4.69) is 5.10 Å². The zero-order chi connectivity index (χ0) is 12.3. The summed E-state index contributed by atoms with van der Waals surface area (Å²) in [4.78, 5) is 11.7. The number of phenolic OH excluding ortho intramolecular Hbond substituents is 1. The second kappa shape index (κ2) is 4.65. The Morgan fingerprint density at radius 2 is 2.06 bits per heavy atom. The second-order valence-corrected chi connectivity index (χ2v) is 3.69. The number of hydrogen-bond donors (Lipinski definition) is 1. The van der Waals surface area contributed by atoms with E-state index in [1.165, 1.54) is 12.3 Å². The van der Waals surface area contributed by atoms with Crippen LogP contribution in [-0.2, 0) is 7.05 Å². The van der Waals surface area contributed by atoms with Crippen LogP contribution in [0.2, 0.25) is 0 Å². The molecule has 0 amide bonds. The first-order chi connectivity index (χ1) is 8.15. The SMILES string of the molecule is Cn1cc(C(=O)/C=C/c2ccc(O)cc2)cn1. The largest absolute Gasteiger partial charge is 0.508 e. The summed E-state index contributed by atoms with van der Waals surface area (Å²) in [5, 5.41) is 13.0. The van der Waals surface area contributed by atoms with E-state index in [9.17, 15) is 4.79 Å². The van der Waals surface area contributed by atoms with Crippen molar-refractivity contribution in [2.24, 2.45) is 7.05 Å². The van der Waals surface area contributed by atoms with Gasteiger partial charge in [0.2, 0.25) is 0 Å². The molecule has 0 fully saturated rings. The van der Waals surface area contributed by atoms with Crippen LogP contribution >= 0.6 is 0 Å². The van der Waals surface area contributed by atoms with E-state index in [0.29, 0.717) is 5.56 Å². The molecule has 0 saturated carbocycles. The third kappa shape index (κ3) is 2.81. The number of ketones is 1. The monoisotopic (exact) mass is 228 g/mol. The maximum atomic E-state index is 11.7. The zero-order valence-corrected chi connectivity index (χ0v) is 9.37. The van der Waals surface area contributed by atoms with Crippen LogP contribution in [0.5, 0.6) is 5.75 Å². The Morgan fingerprint density at radius 3 is 2.65 bits per heavy atom. The molecule has 1 N–H and O–H groups in total. The van der Waals surface area contributed by atoms with Crippen LogP contribution in [0.3, 0.4) is 0 Å². The number of nitrogens with zero attached hydrogens (tertiary/aromatic N) is 2. The van der Waals surface area contributed by atoms with Crippen LogP contribution in [0.25, 0.3) is 6.08 Å². The second-order valence-electron chi connectivity index (χ2n) is 3.69. The fourth-order valence-corrected chi connectivity index (χ4v) is 1.40. The van der Waals surface area contributed by atoms with Gasteiger partial charge in [-0.25, -0.2) is 0 Å². The average molecular weight is 228 g/mol. The van der Waals surface area contributed by atoms with Crippen LogP contribution in [0, 0.1) is 0 Å². The Hall–Kier alpha value is -2.36. The average Bonchev–Trinajstić information content (AvgIpc) is 2.75. The Bertz CT molecular complexity index is 553. The predicted octanol–water partition coefficient (Wildman–Crippen LogP) is 2.02. The van der Waals surface area contributed by atoms with E-state index in [0.717, 1.165) is 5.56 Å². The number of rotatable bonds is 3. The molecule has 0 aliphatic heterocycles. The maximum absolute atomic E-state index is 11.7. The number of benzene rings is 1. The molecule has 1 heterocycles. The van der Waals surface area contributed by atoms with Crippen LogP contribution in [0.4, 0.5) is 0 Å². The number of carbonyl (C=O) groups excluding carboxylic acids is 1. The molecule has 0 aliphatic rings. The fourth-order valence-electron chi connectivity index (χ4n) is 1.40. The lowest BCUT2D eigenvalue weighted by atomic mass is 10.1. The van der Waals surface area contributed by atoms with Gasteiger partial charge in [-0.2, -0.15) is 5.10 Å². The Morgan fingerprint density at radius 1 is 1.35 bits per heavy atom. The van der Waals surface area contributed by atoms with Gasteiger partial charge in [-0.15, -0.1) is 0 Å². The van der Waals surface area contributed by atoms with Gasteiger partial charge in [-0.3, -0.25) is 9.48 Å². The maximum Gasteiger partial charge on any atom is 0.189 e. The molecule has 0 bridgehead atoms. The number of hydrogen-bond acceptors (Lipinski definition) is 3.